The molecule has 1 aromatic rings. The van der Waals surface area contributed by atoms with Crippen molar-refractivity contribution < 1.29 is 8.78 Å². The van der Waals surface area contributed by atoms with Gasteiger partial charge in [0.1, 0.15) is 0 Å². The fourth-order valence-electron chi connectivity index (χ4n) is 2.76. The van der Waals surface area contributed by atoms with Crippen LogP contribution in [0.3, 0.4) is 0 Å². The molecule has 0 saturated carbocycles. The third-order valence-corrected chi connectivity index (χ3v) is 4.03. The first kappa shape index (κ1) is 15.4. The van der Waals surface area contributed by atoms with E-state index in [9.17, 15) is 8.78 Å². The molecular formula is C16H24F2N2. The molecule has 2 nitrogen and oxygen atoms in total. The molecule has 1 aliphatic heterocycles. The summed E-state index contributed by atoms with van der Waals surface area (Å²) in [7, 11) is 0. The quantitative estimate of drug-likeness (QED) is 0.892. The lowest BCUT2D eigenvalue weighted by atomic mass is 9.98. The van der Waals surface area contributed by atoms with Crippen LogP contribution in [0.4, 0.5) is 8.78 Å². The molecule has 0 amide bonds. The number of rotatable bonds is 5. The molecule has 0 bridgehead atoms. The summed E-state index contributed by atoms with van der Waals surface area (Å²) in [5.41, 5.74) is 0.447. The molecule has 1 aromatic carbocycles. The zero-order valence-electron chi connectivity index (χ0n) is 12.3. The van der Waals surface area contributed by atoms with Crippen LogP contribution < -0.4 is 5.32 Å². The van der Waals surface area contributed by atoms with E-state index in [1.807, 2.05) is 0 Å². The van der Waals surface area contributed by atoms with Crippen LogP contribution in [0.15, 0.2) is 18.2 Å². The molecule has 20 heavy (non-hydrogen) atoms. The Labute approximate surface area is 120 Å². The largest absolute Gasteiger partial charge is 0.316 e. The molecule has 4 heteroatoms. The summed E-state index contributed by atoms with van der Waals surface area (Å²) in [5.74, 6) is -0.867. The Kier molecular flexibility index (Phi) is 5.49. The second kappa shape index (κ2) is 7.14. The van der Waals surface area contributed by atoms with Crippen molar-refractivity contribution in [1.29, 1.82) is 0 Å². The SMILES string of the molecule is CC(C)N(Cc1cccc(F)c1F)CC1CCCNC1. The number of halogens is 2. The monoisotopic (exact) mass is 282 g/mol. The molecule has 1 aliphatic rings. The van der Waals surface area contributed by atoms with Gasteiger partial charge in [-0.1, -0.05) is 12.1 Å². The van der Waals surface area contributed by atoms with Gasteiger partial charge in [-0.3, -0.25) is 4.90 Å². The summed E-state index contributed by atoms with van der Waals surface area (Å²) in [4.78, 5) is 2.23. The number of piperidine rings is 1. The van der Waals surface area contributed by atoms with Gasteiger partial charge in [0.25, 0.3) is 0 Å². The topological polar surface area (TPSA) is 15.3 Å². The second-order valence-corrected chi connectivity index (χ2v) is 5.95. The minimum absolute atomic E-state index is 0.319. The predicted molar refractivity (Wildman–Crippen MR) is 77.5 cm³/mol. The van der Waals surface area contributed by atoms with Gasteiger partial charge in [-0.05, 0) is 51.8 Å². The number of hydrogen-bond acceptors (Lipinski definition) is 2. The Morgan fingerprint density at radius 3 is 2.80 bits per heavy atom. The van der Waals surface area contributed by atoms with Gasteiger partial charge in [0.15, 0.2) is 11.6 Å². The van der Waals surface area contributed by atoms with Crippen molar-refractivity contribution in [3.8, 4) is 0 Å². The average molecular weight is 282 g/mol. The smallest absolute Gasteiger partial charge is 0.163 e. The second-order valence-electron chi connectivity index (χ2n) is 5.95. The number of nitrogens with one attached hydrogen (secondary N) is 1. The molecular weight excluding hydrogens is 258 g/mol. The summed E-state index contributed by atoms with van der Waals surface area (Å²) >= 11 is 0. The molecule has 1 N–H and O–H groups in total. The third kappa shape index (κ3) is 4.00. The maximum atomic E-state index is 13.8. The van der Waals surface area contributed by atoms with Gasteiger partial charge < -0.3 is 5.32 Å². The minimum Gasteiger partial charge on any atom is -0.316 e. The molecule has 0 spiro atoms. The molecule has 0 aromatic heterocycles. The number of nitrogens with zero attached hydrogens (tertiary/aromatic N) is 1. The highest BCUT2D eigenvalue weighted by atomic mass is 19.2. The van der Waals surface area contributed by atoms with Crippen LogP contribution in [0.25, 0.3) is 0 Å². The summed E-state index contributed by atoms with van der Waals surface area (Å²) in [5, 5.41) is 3.40. The van der Waals surface area contributed by atoms with E-state index in [0.29, 0.717) is 24.1 Å². The van der Waals surface area contributed by atoms with Gasteiger partial charge in [-0.25, -0.2) is 8.78 Å². The maximum Gasteiger partial charge on any atom is 0.163 e. The highest BCUT2D eigenvalue weighted by Crippen LogP contribution is 2.18. The van der Waals surface area contributed by atoms with Crippen LogP contribution >= 0.6 is 0 Å². The fraction of sp³-hybridized carbons (Fsp3) is 0.625. The Hall–Kier alpha value is -1.00. The average Bonchev–Trinajstić information content (AvgIpc) is 2.44. The van der Waals surface area contributed by atoms with Gasteiger partial charge in [0.05, 0.1) is 0 Å². The number of hydrogen-bond donors (Lipinski definition) is 1. The van der Waals surface area contributed by atoms with E-state index >= 15 is 0 Å². The van der Waals surface area contributed by atoms with Crippen LogP contribution in [0.5, 0.6) is 0 Å². The van der Waals surface area contributed by atoms with Gasteiger partial charge in [-0.2, -0.15) is 0 Å². The Bertz CT molecular complexity index is 428. The molecule has 1 fully saturated rings. The molecule has 1 saturated heterocycles. The maximum absolute atomic E-state index is 13.8. The van der Waals surface area contributed by atoms with Crippen LogP contribution in [0, 0.1) is 17.6 Å². The lowest BCUT2D eigenvalue weighted by molar-refractivity contribution is 0.161. The fourth-order valence-corrected chi connectivity index (χ4v) is 2.76. The van der Waals surface area contributed by atoms with E-state index in [2.05, 4.69) is 24.1 Å². The van der Waals surface area contributed by atoms with Crippen LogP contribution in [0.1, 0.15) is 32.3 Å². The van der Waals surface area contributed by atoms with Crippen molar-refractivity contribution in [3.05, 3.63) is 35.4 Å². The minimum atomic E-state index is -0.759. The standard InChI is InChI=1S/C16H24F2N2/c1-12(2)20(10-13-5-4-8-19-9-13)11-14-6-3-7-15(17)16(14)18/h3,6-7,12-13,19H,4-5,8-11H2,1-2H3. The Balaban J connectivity index is 2.03. The Morgan fingerprint density at radius 1 is 1.35 bits per heavy atom. The lowest BCUT2D eigenvalue weighted by Gasteiger charge is -2.33. The van der Waals surface area contributed by atoms with E-state index in [1.54, 1.807) is 12.1 Å². The first-order valence-corrected chi connectivity index (χ1v) is 7.45. The van der Waals surface area contributed by atoms with Crippen molar-refractivity contribution in [2.75, 3.05) is 19.6 Å². The van der Waals surface area contributed by atoms with Gasteiger partial charge >= 0.3 is 0 Å². The van der Waals surface area contributed by atoms with Crippen molar-refractivity contribution >= 4 is 0 Å². The first-order chi connectivity index (χ1) is 9.58. The van der Waals surface area contributed by atoms with Crippen molar-refractivity contribution in [2.24, 2.45) is 5.92 Å². The summed E-state index contributed by atoms with van der Waals surface area (Å²) in [6, 6.07) is 4.74. The predicted octanol–water partition coefficient (Wildman–Crippen LogP) is 3.17. The lowest BCUT2D eigenvalue weighted by Crippen LogP contribution is -2.41. The van der Waals surface area contributed by atoms with E-state index in [4.69, 9.17) is 0 Å². The van der Waals surface area contributed by atoms with Crippen molar-refractivity contribution in [2.45, 2.75) is 39.3 Å². The van der Waals surface area contributed by atoms with E-state index in [1.165, 1.54) is 18.9 Å². The van der Waals surface area contributed by atoms with Gasteiger partial charge in [0, 0.05) is 24.7 Å². The van der Waals surface area contributed by atoms with E-state index in [-0.39, 0.29) is 0 Å². The molecule has 0 radical (unpaired) electrons. The molecule has 112 valence electrons. The van der Waals surface area contributed by atoms with Crippen LogP contribution in [0.2, 0.25) is 0 Å². The normalized spacial score (nSPS) is 19.8. The van der Waals surface area contributed by atoms with E-state index in [0.717, 1.165) is 19.6 Å². The van der Waals surface area contributed by atoms with Crippen LogP contribution in [-0.2, 0) is 6.54 Å². The summed E-state index contributed by atoms with van der Waals surface area (Å²) < 4.78 is 27.1. The van der Waals surface area contributed by atoms with Crippen molar-refractivity contribution in [3.63, 3.8) is 0 Å². The van der Waals surface area contributed by atoms with Crippen molar-refractivity contribution in [1.82, 2.24) is 10.2 Å². The highest BCUT2D eigenvalue weighted by molar-refractivity contribution is 5.18. The summed E-state index contributed by atoms with van der Waals surface area (Å²) in [6.07, 6.45) is 2.41. The summed E-state index contributed by atoms with van der Waals surface area (Å²) in [6.45, 7) is 7.73. The molecule has 1 atom stereocenters. The highest BCUT2D eigenvalue weighted by Gasteiger charge is 2.20. The van der Waals surface area contributed by atoms with E-state index < -0.39 is 11.6 Å². The zero-order chi connectivity index (χ0) is 14.5. The molecule has 0 aliphatic carbocycles. The van der Waals surface area contributed by atoms with Crippen LogP contribution in [-0.4, -0.2) is 30.6 Å². The molecule has 1 unspecified atom stereocenters. The third-order valence-electron chi connectivity index (χ3n) is 4.03. The van der Waals surface area contributed by atoms with Gasteiger partial charge in [-0.15, -0.1) is 0 Å². The zero-order valence-corrected chi connectivity index (χ0v) is 12.3. The molecule has 2 rings (SSSR count). The Morgan fingerprint density at radius 2 is 2.15 bits per heavy atom. The molecule has 1 heterocycles. The first-order valence-electron chi connectivity index (χ1n) is 7.45. The number of benzene rings is 1. The van der Waals surface area contributed by atoms with Gasteiger partial charge in [0.2, 0.25) is 0 Å².